The van der Waals surface area contributed by atoms with E-state index >= 15 is 0 Å². The second kappa shape index (κ2) is 7.09. The first-order valence-corrected chi connectivity index (χ1v) is 9.31. The van der Waals surface area contributed by atoms with Crippen molar-refractivity contribution in [2.24, 2.45) is 0 Å². The van der Waals surface area contributed by atoms with Gasteiger partial charge in [0, 0.05) is 35.8 Å². The van der Waals surface area contributed by atoms with Gasteiger partial charge in [-0.05, 0) is 36.1 Å². The first-order valence-electron chi connectivity index (χ1n) is 8.43. The Kier molecular flexibility index (Phi) is 4.50. The fourth-order valence-electron chi connectivity index (χ4n) is 2.97. The standard InChI is InChI=1S/C20H18N4OS/c1-21-15-5-2-4-14(12-15)18-9-10-22-20-17(13-23-24(18)20)19(25)8-7-16-6-3-11-26-16/h2-6,9-13,21H,7-8H2,1H3. The second-order valence-corrected chi connectivity index (χ2v) is 6.99. The Labute approximate surface area is 155 Å². The average Bonchev–Trinajstić information content (AvgIpc) is 3.35. The molecule has 0 unspecified atom stereocenters. The predicted octanol–water partition coefficient (Wildman–Crippen LogP) is 4.32. The van der Waals surface area contributed by atoms with Crippen LogP contribution in [0, 0.1) is 0 Å². The molecule has 0 saturated heterocycles. The molecule has 0 bridgehead atoms. The largest absolute Gasteiger partial charge is 0.388 e. The van der Waals surface area contributed by atoms with E-state index in [0.29, 0.717) is 17.6 Å². The number of hydrogen-bond donors (Lipinski definition) is 1. The van der Waals surface area contributed by atoms with Crippen LogP contribution >= 0.6 is 11.3 Å². The number of fused-ring (bicyclic) bond motifs is 1. The highest BCUT2D eigenvalue weighted by Crippen LogP contribution is 2.24. The van der Waals surface area contributed by atoms with Crippen molar-refractivity contribution in [3.05, 3.63) is 70.7 Å². The van der Waals surface area contributed by atoms with Crippen molar-refractivity contribution < 1.29 is 4.79 Å². The molecule has 0 aliphatic rings. The van der Waals surface area contributed by atoms with E-state index < -0.39 is 0 Å². The number of aromatic nitrogens is 3. The fourth-order valence-corrected chi connectivity index (χ4v) is 3.68. The van der Waals surface area contributed by atoms with Crippen LogP contribution in [0.3, 0.4) is 0 Å². The van der Waals surface area contributed by atoms with E-state index in [1.54, 1.807) is 28.2 Å². The van der Waals surface area contributed by atoms with Gasteiger partial charge in [-0.15, -0.1) is 11.3 Å². The molecule has 4 aromatic rings. The molecule has 0 saturated carbocycles. The maximum Gasteiger partial charge on any atom is 0.168 e. The SMILES string of the molecule is CNc1cccc(-c2ccnc3c(C(=O)CCc4cccs4)cnn23)c1. The molecule has 0 atom stereocenters. The highest BCUT2D eigenvalue weighted by Gasteiger charge is 2.16. The quantitative estimate of drug-likeness (QED) is 0.519. The van der Waals surface area contributed by atoms with Gasteiger partial charge in [0.15, 0.2) is 11.4 Å². The molecule has 1 aromatic carbocycles. The second-order valence-electron chi connectivity index (χ2n) is 5.96. The summed E-state index contributed by atoms with van der Waals surface area (Å²) in [7, 11) is 1.89. The van der Waals surface area contributed by atoms with E-state index in [9.17, 15) is 4.79 Å². The van der Waals surface area contributed by atoms with E-state index in [4.69, 9.17) is 0 Å². The molecular weight excluding hydrogens is 344 g/mol. The summed E-state index contributed by atoms with van der Waals surface area (Å²) < 4.78 is 1.74. The zero-order chi connectivity index (χ0) is 17.9. The van der Waals surface area contributed by atoms with Gasteiger partial charge in [0.05, 0.1) is 17.5 Å². The van der Waals surface area contributed by atoms with Crippen LogP contribution in [0.15, 0.2) is 60.2 Å². The Hall–Kier alpha value is -2.99. The van der Waals surface area contributed by atoms with Crippen LogP contribution in [0.2, 0.25) is 0 Å². The highest BCUT2D eigenvalue weighted by atomic mass is 32.1. The summed E-state index contributed by atoms with van der Waals surface area (Å²) in [6.07, 6.45) is 4.57. The minimum atomic E-state index is 0.0713. The molecular formula is C20H18N4OS. The number of hydrogen-bond acceptors (Lipinski definition) is 5. The third-order valence-corrected chi connectivity index (χ3v) is 5.26. The normalized spacial score (nSPS) is 11.0. The van der Waals surface area contributed by atoms with Crippen LogP contribution in [-0.4, -0.2) is 27.4 Å². The number of carbonyl (C=O) groups excluding carboxylic acids is 1. The zero-order valence-electron chi connectivity index (χ0n) is 14.3. The van der Waals surface area contributed by atoms with Gasteiger partial charge in [-0.1, -0.05) is 18.2 Å². The molecule has 0 spiro atoms. The number of thiophene rings is 1. The minimum Gasteiger partial charge on any atom is -0.388 e. The maximum atomic E-state index is 12.7. The molecule has 0 fully saturated rings. The van der Waals surface area contributed by atoms with Crippen molar-refractivity contribution in [1.82, 2.24) is 14.6 Å². The van der Waals surface area contributed by atoms with Crippen molar-refractivity contribution >= 4 is 28.5 Å². The van der Waals surface area contributed by atoms with Crippen LogP contribution in [0.4, 0.5) is 5.69 Å². The number of nitrogens with one attached hydrogen (secondary N) is 1. The Bertz CT molecular complexity index is 1050. The molecule has 4 rings (SSSR count). The number of nitrogens with zero attached hydrogens (tertiary/aromatic N) is 3. The Balaban J connectivity index is 1.67. The first kappa shape index (κ1) is 16.5. The van der Waals surface area contributed by atoms with E-state index in [1.807, 2.05) is 42.8 Å². The van der Waals surface area contributed by atoms with Crippen LogP contribution < -0.4 is 5.32 Å². The molecule has 5 nitrogen and oxygen atoms in total. The number of benzene rings is 1. The van der Waals surface area contributed by atoms with Crippen LogP contribution in [0.5, 0.6) is 0 Å². The smallest absolute Gasteiger partial charge is 0.168 e. The van der Waals surface area contributed by atoms with E-state index in [1.165, 1.54) is 4.88 Å². The lowest BCUT2D eigenvalue weighted by molar-refractivity contribution is 0.0984. The molecule has 0 aliphatic heterocycles. The van der Waals surface area contributed by atoms with Crippen molar-refractivity contribution in [3.63, 3.8) is 0 Å². The van der Waals surface area contributed by atoms with E-state index in [2.05, 4.69) is 27.5 Å². The number of rotatable bonds is 6. The van der Waals surface area contributed by atoms with Gasteiger partial charge in [0.1, 0.15) is 0 Å². The third kappa shape index (κ3) is 3.11. The van der Waals surface area contributed by atoms with Crippen molar-refractivity contribution in [3.8, 4) is 11.3 Å². The summed E-state index contributed by atoms with van der Waals surface area (Å²) in [5.74, 6) is 0.0713. The lowest BCUT2D eigenvalue weighted by Crippen LogP contribution is -2.02. The molecule has 3 heterocycles. The van der Waals surface area contributed by atoms with Gasteiger partial charge >= 0.3 is 0 Å². The summed E-state index contributed by atoms with van der Waals surface area (Å²) >= 11 is 1.67. The molecule has 26 heavy (non-hydrogen) atoms. The number of anilines is 1. The average molecular weight is 362 g/mol. The molecule has 3 aromatic heterocycles. The number of Topliss-reactive ketones (excluding diaryl/α,β-unsaturated/α-hetero) is 1. The summed E-state index contributed by atoms with van der Waals surface area (Å²) in [5.41, 5.74) is 4.13. The van der Waals surface area contributed by atoms with Gasteiger partial charge in [-0.3, -0.25) is 4.79 Å². The van der Waals surface area contributed by atoms with E-state index in [0.717, 1.165) is 23.4 Å². The van der Waals surface area contributed by atoms with Crippen LogP contribution in [0.1, 0.15) is 21.7 Å². The number of aryl methyl sites for hydroxylation is 1. The summed E-state index contributed by atoms with van der Waals surface area (Å²) in [6, 6.07) is 14.0. The van der Waals surface area contributed by atoms with Gasteiger partial charge in [-0.25, -0.2) is 9.50 Å². The van der Waals surface area contributed by atoms with Gasteiger partial charge in [0.2, 0.25) is 0 Å². The summed E-state index contributed by atoms with van der Waals surface area (Å²) in [6.45, 7) is 0. The molecule has 1 N–H and O–H groups in total. The lowest BCUT2D eigenvalue weighted by atomic mass is 10.1. The predicted molar refractivity (Wildman–Crippen MR) is 105 cm³/mol. The molecule has 0 amide bonds. The first-order chi connectivity index (χ1) is 12.8. The monoisotopic (exact) mass is 362 g/mol. The van der Waals surface area contributed by atoms with Crippen molar-refractivity contribution in [2.45, 2.75) is 12.8 Å². The van der Waals surface area contributed by atoms with Crippen molar-refractivity contribution in [1.29, 1.82) is 0 Å². The van der Waals surface area contributed by atoms with Crippen LogP contribution in [0.25, 0.3) is 16.9 Å². The Morgan fingerprint density at radius 1 is 1.23 bits per heavy atom. The molecule has 0 radical (unpaired) electrons. The maximum absolute atomic E-state index is 12.7. The van der Waals surface area contributed by atoms with Crippen molar-refractivity contribution in [2.75, 3.05) is 12.4 Å². The Morgan fingerprint density at radius 3 is 2.96 bits per heavy atom. The molecule has 130 valence electrons. The van der Waals surface area contributed by atoms with Crippen LogP contribution in [-0.2, 0) is 6.42 Å². The highest BCUT2D eigenvalue weighted by molar-refractivity contribution is 7.09. The topological polar surface area (TPSA) is 59.3 Å². The third-order valence-electron chi connectivity index (χ3n) is 4.33. The summed E-state index contributed by atoms with van der Waals surface area (Å²) in [4.78, 5) is 18.3. The molecule has 0 aliphatic carbocycles. The summed E-state index contributed by atoms with van der Waals surface area (Å²) in [5, 5.41) is 9.60. The Morgan fingerprint density at radius 2 is 2.15 bits per heavy atom. The van der Waals surface area contributed by atoms with E-state index in [-0.39, 0.29) is 5.78 Å². The fraction of sp³-hybridized carbons (Fsp3) is 0.150. The molecule has 6 heteroatoms. The lowest BCUT2D eigenvalue weighted by Gasteiger charge is -2.07. The van der Waals surface area contributed by atoms with Gasteiger partial charge < -0.3 is 5.32 Å². The number of ketones is 1. The minimum absolute atomic E-state index is 0.0713. The van der Waals surface area contributed by atoms with Gasteiger partial charge in [0.25, 0.3) is 0 Å². The number of carbonyl (C=O) groups is 1. The zero-order valence-corrected chi connectivity index (χ0v) is 15.2. The van der Waals surface area contributed by atoms with Gasteiger partial charge in [-0.2, -0.15) is 5.10 Å².